The van der Waals surface area contributed by atoms with E-state index >= 15 is 0 Å². The Morgan fingerprint density at radius 3 is 2.79 bits per heavy atom. The Kier molecular flexibility index (Phi) is 6.41. The van der Waals surface area contributed by atoms with Gasteiger partial charge in [0.15, 0.2) is 0 Å². The van der Waals surface area contributed by atoms with Crippen LogP contribution in [-0.4, -0.2) is 21.9 Å². The molecule has 0 bridgehead atoms. The van der Waals surface area contributed by atoms with Crippen LogP contribution < -0.4 is 11.1 Å². The van der Waals surface area contributed by atoms with E-state index in [1.54, 1.807) is 4.68 Å². The highest BCUT2D eigenvalue weighted by molar-refractivity contribution is 6.03. The molecule has 34 heavy (non-hydrogen) atoms. The van der Waals surface area contributed by atoms with Crippen molar-refractivity contribution < 1.29 is 4.79 Å². The molecule has 2 heterocycles. The van der Waals surface area contributed by atoms with Gasteiger partial charge in [0.25, 0.3) is 5.91 Å². The first-order valence-electron chi connectivity index (χ1n) is 12.1. The number of aryl methyl sites for hydroxylation is 1. The predicted molar refractivity (Wildman–Crippen MR) is 136 cm³/mol. The van der Waals surface area contributed by atoms with Crippen LogP contribution in [0.25, 0.3) is 5.69 Å². The molecule has 5 rings (SSSR count). The number of amides is 1. The number of aliphatic imine (C=N–C) groups is 1. The van der Waals surface area contributed by atoms with Gasteiger partial charge in [0.1, 0.15) is 5.69 Å². The number of carbonyl (C=O) groups is 1. The van der Waals surface area contributed by atoms with Gasteiger partial charge in [-0.05, 0) is 72.7 Å². The third-order valence-electron chi connectivity index (χ3n) is 6.68. The van der Waals surface area contributed by atoms with Crippen molar-refractivity contribution in [1.29, 1.82) is 0 Å². The number of carbonyl (C=O) groups excluding carboxylic acids is 1. The van der Waals surface area contributed by atoms with E-state index in [9.17, 15) is 4.79 Å². The SMILES string of the molecule is Cc1cc(C(=O)Nc2cccc(C(CCC3CC3)C3=CN=CC3)c2)n(-c2cccc(CN)c2)n1. The van der Waals surface area contributed by atoms with E-state index < -0.39 is 0 Å². The molecule has 1 aliphatic heterocycles. The lowest BCUT2D eigenvalue weighted by molar-refractivity contribution is 0.101. The highest BCUT2D eigenvalue weighted by Gasteiger charge is 2.25. The standard InChI is InChI=1S/C28H31N5O/c1-19-14-27(33(32-19)25-7-2-4-21(15-25)17-29)28(34)31-24-6-3-5-22(16-24)26(11-10-20-8-9-20)23-12-13-30-18-23/h2-7,13-16,18,20,26H,8-12,17,29H2,1H3,(H,31,34). The molecule has 1 amide bonds. The van der Waals surface area contributed by atoms with E-state index in [2.05, 4.69) is 27.5 Å². The van der Waals surface area contributed by atoms with E-state index in [0.717, 1.165) is 41.4 Å². The number of nitrogens with one attached hydrogen (secondary N) is 1. The molecule has 1 aromatic heterocycles. The average Bonchev–Trinajstić information content (AvgIpc) is 3.35. The average molecular weight is 454 g/mol. The third-order valence-corrected chi connectivity index (χ3v) is 6.68. The van der Waals surface area contributed by atoms with Crippen molar-refractivity contribution in [2.24, 2.45) is 16.6 Å². The fraction of sp³-hybridized carbons (Fsp3) is 0.321. The zero-order chi connectivity index (χ0) is 23.5. The normalized spacial score (nSPS) is 15.9. The summed E-state index contributed by atoms with van der Waals surface area (Å²) in [5.74, 6) is 1.04. The summed E-state index contributed by atoms with van der Waals surface area (Å²) in [4.78, 5) is 17.7. The number of nitrogens with zero attached hydrogens (tertiary/aromatic N) is 3. The number of hydrogen-bond acceptors (Lipinski definition) is 4. The fourth-order valence-corrected chi connectivity index (χ4v) is 4.67. The van der Waals surface area contributed by atoms with Gasteiger partial charge in [-0.1, -0.05) is 37.1 Å². The lowest BCUT2D eigenvalue weighted by Crippen LogP contribution is -2.17. The van der Waals surface area contributed by atoms with Gasteiger partial charge in [-0.25, -0.2) is 4.68 Å². The second-order valence-electron chi connectivity index (χ2n) is 9.35. The zero-order valence-corrected chi connectivity index (χ0v) is 19.6. The molecule has 0 spiro atoms. The molecule has 3 N–H and O–H groups in total. The second kappa shape index (κ2) is 9.77. The van der Waals surface area contributed by atoms with E-state index in [1.807, 2.05) is 61.8 Å². The van der Waals surface area contributed by atoms with E-state index in [-0.39, 0.29) is 5.91 Å². The van der Waals surface area contributed by atoms with Gasteiger partial charge in [-0.3, -0.25) is 9.79 Å². The molecular formula is C28H31N5O. The summed E-state index contributed by atoms with van der Waals surface area (Å²) in [6, 6.07) is 17.9. The van der Waals surface area contributed by atoms with Gasteiger partial charge in [0.2, 0.25) is 0 Å². The minimum Gasteiger partial charge on any atom is -0.326 e. The van der Waals surface area contributed by atoms with Crippen molar-refractivity contribution in [3.05, 3.63) is 88.9 Å². The van der Waals surface area contributed by atoms with Crippen LogP contribution >= 0.6 is 0 Å². The second-order valence-corrected chi connectivity index (χ2v) is 9.35. The van der Waals surface area contributed by atoms with Gasteiger partial charge in [-0.2, -0.15) is 5.10 Å². The van der Waals surface area contributed by atoms with Crippen molar-refractivity contribution >= 4 is 17.8 Å². The molecule has 6 heteroatoms. The zero-order valence-electron chi connectivity index (χ0n) is 19.6. The van der Waals surface area contributed by atoms with Crippen molar-refractivity contribution in [2.75, 3.05) is 5.32 Å². The number of allylic oxidation sites excluding steroid dienone is 1. The molecule has 2 aromatic carbocycles. The van der Waals surface area contributed by atoms with Crippen LogP contribution in [0.15, 0.2) is 71.4 Å². The van der Waals surface area contributed by atoms with Crippen molar-refractivity contribution in [2.45, 2.75) is 51.5 Å². The van der Waals surface area contributed by atoms with E-state index in [1.165, 1.54) is 30.4 Å². The van der Waals surface area contributed by atoms with Gasteiger partial charge in [0.05, 0.1) is 11.4 Å². The Labute approximate surface area is 200 Å². The maximum Gasteiger partial charge on any atom is 0.274 e. The molecule has 1 atom stereocenters. The summed E-state index contributed by atoms with van der Waals surface area (Å²) in [5.41, 5.74) is 12.3. The monoisotopic (exact) mass is 453 g/mol. The molecule has 174 valence electrons. The quantitative estimate of drug-likeness (QED) is 0.447. The topological polar surface area (TPSA) is 85.3 Å². The molecule has 1 saturated carbocycles. The molecule has 1 aliphatic carbocycles. The molecule has 2 aliphatic rings. The first kappa shape index (κ1) is 22.3. The molecule has 3 aromatic rings. The lowest BCUT2D eigenvalue weighted by Gasteiger charge is -2.19. The van der Waals surface area contributed by atoms with Crippen LogP contribution in [0.4, 0.5) is 5.69 Å². The number of rotatable bonds is 9. The van der Waals surface area contributed by atoms with Gasteiger partial charge in [0, 0.05) is 37.0 Å². The molecular weight excluding hydrogens is 422 g/mol. The van der Waals surface area contributed by atoms with Crippen LogP contribution in [0.2, 0.25) is 0 Å². The Morgan fingerprint density at radius 2 is 2.03 bits per heavy atom. The summed E-state index contributed by atoms with van der Waals surface area (Å²) < 4.78 is 1.69. The van der Waals surface area contributed by atoms with Crippen molar-refractivity contribution in [3.8, 4) is 5.69 Å². The number of aromatic nitrogens is 2. The van der Waals surface area contributed by atoms with Crippen molar-refractivity contribution in [3.63, 3.8) is 0 Å². The Hall–Kier alpha value is -3.51. The van der Waals surface area contributed by atoms with Crippen LogP contribution in [-0.2, 0) is 6.54 Å². The summed E-state index contributed by atoms with van der Waals surface area (Å²) in [7, 11) is 0. The molecule has 0 radical (unpaired) electrons. The summed E-state index contributed by atoms with van der Waals surface area (Å²) in [5, 5.41) is 7.66. The molecule has 1 fully saturated rings. The smallest absolute Gasteiger partial charge is 0.274 e. The summed E-state index contributed by atoms with van der Waals surface area (Å²) in [6.07, 6.45) is 10.00. The van der Waals surface area contributed by atoms with Crippen LogP contribution in [0.3, 0.4) is 0 Å². The van der Waals surface area contributed by atoms with Gasteiger partial charge in [-0.15, -0.1) is 0 Å². The first-order chi connectivity index (χ1) is 16.6. The maximum absolute atomic E-state index is 13.3. The molecule has 1 unspecified atom stereocenters. The highest BCUT2D eigenvalue weighted by atomic mass is 16.2. The number of anilines is 1. The summed E-state index contributed by atoms with van der Waals surface area (Å²) >= 11 is 0. The Bertz CT molecular complexity index is 1250. The largest absolute Gasteiger partial charge is 0.326 e. The number of benzene rings is 2. The third kappa shape index (κ3) is 5.02. The molecule has 6 nitrogen and oxygen atoms in total. The fourth-order valence-electron chi connectivity index (χ4n) is 4.67. The maximum atomic E-state index is 13.3. The number of hydrogen-bond donors (Lipinski definition) is 2. The van der Waals surface area contributed by atoms with Crippen LogP contribution in [0, 0.1) is 12.8 Å². The van der Waals surface area contributed by atoms with E-state index in [4.69, 9.17) is 5.73 Å². The minimum absolute atomic E-state index is 0.186. The minimum atomic E-state index is -0.186. The summed E-state index contributed by atoms with van der Waals surface area (Å²) in [6.45, 7) is 2.33. The van der Waals surface area contributed by atoms with Crippen LogP contribution in [0.5, 0.6) is 0 Å². The molecule has 0 saturated heterocycles. The van der Waals surface area contributed by atoms with Crippen molar-refractivity contribution in [1.82, 2.24) is 9.78 Å². The van der Waals surface area contributed by atoms with Gasteiger partial charge >= 0.3 is 0 Å². The number of nitrogens with two attached hydrogens (primary N) is 1. The van der Waals surface area contributed by atoms with Crippen LogP contribution in [0.1, 0.15) is 65.3 Å². The lowest BCUT2D eigenvalue weighted by atomic mass is 9.86. The predicted octanol–water partition coefficient (Wildman–Crippen LogP) is 5.52. The van der Waals surface area contributed by atoms with E-state index in [0.29, 0.717) is 18.2 Å². The first-order valence-corrected chi connectivity index (χ1v) is 12.1. The Morgan fingerprint density at radius 1 is 1.18 bits per heavy atom. The Balaban J connectivity index is 1.38. The highest BCUT2D eigenvalue weighted by Crippen LogP contribution is 2.40. The van der Waals surface area contributed by atoms with Gasteiger partial charge < -0.3 is 11.1 Å².